The maximum atomic E-state index is 12.8. The molecule has 1 saturated heterocycles. The summed E-state index contributed by atoms with van der Waals surface area (Å²) in [4.78, 5) is 4.59. The highest BCUT2D eigenvalue weighted by Gasteiger charge is 2.31. The van der Waals surface area contributed by atoms with E-state index in [1.54, 1.807) is 22.5 Å². The SMILES string of the molecule is CC1CCCCN1S(=O)(=O)c1ccc2nc(NN)sc2c1. The second-order valence-corrected chi connectivity index (χ2v) is 8.17. The number of hydrogen-bond donors (Lipinski definition) is 2. The highest BCUT2D eigenvalue weighted by atomic mass is 32.2. The van der Waals surface area contributed by atoms with Crippen molar-refractivity contribution in [2.24, 2.45) is 5.84 Å². The fourth-order valence-electron chi connectivity index (χ4n) is 2.69. The number of hydrazine groups is 1. The molecule has 0 bridgehead atoms. The summed E-state index contributed by atoms with van der Waals surface area (Å²) in [5.41, 5.74) is 3.24. The van der Waals surface area contributed by atoms with Gasteiger partial charge in [0, 0.05) is 12.6 Å². The van der Waals surface area contributed by atoms with Crippen molar-refractivity contribution >= 4 is 36.7 Å². The lowest BCUT2D eigenvalue weighted by molar-refractivity contribution is 0.268. The molecule has 1 unspecified atom stereocenters. The van der Waals surface area contributed by atoms with E-state index in [0.717, 1.165) is 29.5 Å². The van der Waals surface area contributed by atoms with Crippen LogP contribution in [0.3, 0.4) is 0 Å². The van der Waals surface area contributed by atoms with Crippen molar-refractivity contribution in [1.29, 1.82) is 0 Å². The predicted molar refractivity (Wildman–Crippen MR) is 84.6 cm³/mol. The highest BCUT2D eigenvalue weighted by Crippen LogP contribution is 2.30. The van der Waals surface area contributed by atoms with Gasteiger partial charge in [-0.1, -0.05) is 17.8 Å². The third-order valence-corrected chi connectivity index (χ3v) is 6.79. The fraction of sp³-hybridized carbons (Fsp3) is 0.462. The Balaban J connectivity index is 2.01. The van der Waals surface area contributed by atoms with E-state index in [4.69, 9.17) is 5.84 Å². The Bertz CT molecular complexity index is 757. The lowest BCUT2D eigenvalue weighted by atomic mass is 10.1. The molecule has 114 valence electrons. The first kappa shape index (κ1) is 14.7. The Morgan fingerprint density at radius 3 is 2.95 bits per heavy atom. The lowest BCUT2D eigenvalue weighted by Gasteiger charge is -2.32. The predicted octanol–water partition coefficient (Wildman–Crippen LogP) is 2.15. The number of thiazole rings is 1. The first-order chi connectivity index (χ1) is 10.0. The molecule has 1 fully saturated rings. The molecule has 0 amide bonds. The Kier molecular flexibility index (Phi) is 3.87. The van der Waals surface area contributed by atoms with Gasteiger partial charge < -0.3 is 0 Å². The standard InChI is InChI=1S/C13H18N4O2S2/c1-9-4-2-3-7-17(9)21(18,19)10-5-6-11-12(8-10)20-13(15-11)16-14/h5-6,8-9H,2-4,7,14H2,1H3,(H,15,16). The van der Waals surface area contributed by atoms with Crippen LogP contribution in [0.4, 0.5) is 5.13 Å². The Morgan fingerprint density at radius 1 is 1.43 bits per heavy atom. The summed E-state index contributed by atoms with van der Waals surface area (Å²) in [5, 5.41) is 0.575. The van der Waals surface area contributed by atoms with Crippen molar-refractivity contribution in [1.82, 2.24) is 9.29 Å². The summed E-state index contributed by atoms with van der Waals surface area (Å²) < 4.78 is 28.0. The summed E-state index contributed by atoms with van der Waals surface area (Å²) >= 11 is 1.34. The fourth-order valence-corrected chi connectivity index (χ4v) is 5.31. The third-order valence-electron chi connectivity index (χ3n) is 3.83. The number of nitrogens with one attached hydrogen (secondary N) is 1. The smallest absolute Gasteiger partial charge is 0.243 e. The molecule has 0 saturated carbocycles. The number of fused-ring (bicyclic) bond motifs is 1. The van der Waals surface area contributed by atoms with Crippen LogP contribution < -0.4 is 11.3 Å². The number of benzene rings is 1. The van der Waals surface area contributed by atoms with Gasteiger partial charge in [-0.2, -0.15) is 4.31 Å². The van der Waals surface area contributed by atoms with Crippen LogP contribution in [-0.4, -0.2) is 30.3 Å². The zero-order valence-electron chi connectivity index (χ0n) is 11.7. The normalized spacial score (nSPS) is 20.8. The quantitative estimate of drug-likeness (QED) is 0.666. The van der Waals surface area contributed by atoms with Crippen LogP contribution in [0.2, 0.25) is 0 Å². The highest BCUT2D eigenvalue weighted by molar-refractivity contribution is 7.89. The second kappa shape index (κ2) is 5.53. The van der Waals surface area contributed by atoms with Gasteiger partial charge in [-0.25, -0.2) is 19.2 Å². The third kappa shape index (κ3) is 2.64. The van der Waals surface area contributed by atoms with Gasteiger partial charge in [0.05, 0.1) is 15.1 Å². The molecule has 3 rings (SSSR count). The van der Waals surface area contributed by atoms with E-state index in [1.807, 2.05) is 6.92 Å². The molecule has 1 aliphatic heterocycles. The van der Waals surface area contributed by atoms with Crippen LogP contribution in [0.5, 0.6) is 0 Å². The van der Waals surface area contributed by atoms with E-state index >= 15 is 0 Å². The average Bonchev–Trinajstić information content (AvgIpc) is 2.89. The van der Waals surface area contributed by atoms with Crippen molar-refractivity contribution < 1.29 is 8.42 Å². The maximum absolute atomic E-state index is 12.8. The van der Waals surface area contributed by atoms with E-state index in [0.29, 0.717) is 16.6 Å². The molecule has 0 aliphatic carbocycles. The molecular formula is C13H18N4O2S2. The Morgan fingerprint density at radius 2 is 2.24 bits per heavy atom. The maximum Gasteiger partial charge on any atom is 0.243 e. The van der Waals surface area contributed by atoms with Gasteiger partial charge in [0.15, 0.2) is 5.13 Å². The van der Waals surface area contributed by atoms with Crippen LogP contribution >= 0.6 is 11.3 Å². The molecular weight excluding hydrogens is 308 g/mol. The molecule has 1 atom stereocenters. The molecule has 6 nitrogen and oxygen atoms in total. The number of sulfonamides is 1. The second-order valence-electron chi connectivity index (χ2n) is 5.25. The molecule has 1 aromatic carbocycles. The van der Waals surface area contributed by atoms with E-state index in [-0.39, 0.29) is 6.04 Å². The van der Waals surface area contributed by atoms with Crippen molar-refractivity contribution in [3.8, 4) is 0 Å². The lowest BCUT2D eigenvalue weighted by Crippen LogP contribution is -2.41. The minimum absolute atomic E-state index is 0.0576. The van der Waals surface area contributed by atoms with Crippen molar-refractivity contribution in [2.75, 3.05) is 12.0 Å². The minimum atomic E-state index is -3.44. The number of hydrogen-bond acceptors (Lipinski definition) is 6. The van der Waals surface area contributed by atoms with E-state index in [9.17, 15) is 8.42 Å². The molecule has 0 spiro atoms. The van der Waals surface area contributed by atoms with Crippen LogP contribution in [0, 0.1) is 0 Å². The van der Waals surface area contributed by atoms with Crippen LogP contribution in [-0.2, 0) is 10.0 Å². The van der Waals surface area contributed by atoms with Crippen molar-refractivity contribution in [2.45, 2.75) is 37.1 Å². The van der Waals surface area contributed by atoms with Gasteiger partial charge in [0.1, 0.15) is 0 Å². The summed E-state index contributed by atoms with van der Waals surface area (Å²) in [7, 11) is -3.44. The zero-order valence-corrected chi connectivity index (χ0v) is 13.4. The van der Waals surface area contributed by atoms with Crippen LogP contribution in [0.15, 0.2) is 23.1 Å². The Labute approximate surface area is 128 Å². The number of aromatic nitrogens is 1. The summed E-state index contributed by atoms with van der Waals surface area (Å²) in [6.45, 7) is 2.57. The monoisotopic (exact) mass is 326 g/mol. The number of rotatable bonds is 3. The van der Waals surface area contributed by atoms with E-state index in [2.05, 4.69) is 10.4 Å². The van der Waals surface area contributed by atoms with Gasteiger partial charge in [-0.3, -0.25) is 5.43 Å². The topological polar surface area (TPSA) is 88.3 Å². The van der Waals surface area contributed by atoms with Crippen LogP contribution in [0.1, 0.15) is 26.2 Å². The number of anilines is 1. The summed E-state index contributed by atoms with van der Waals surface area (Å²) in [6.07, 6.45) is 2.93. The number of nitrogens with zero attached hydrogens (tertiary/aromatic N) is 2. The molecule has 1 aromatic heterocycles. The molecule has 2 heterocycles. The van der Waals surface area contributed by atoms with Gasteiger partial charge >= 0.3 is 0 Å². The molecule has 1 aliphatic rings. The first-order valence-corrected chi connectivity index (χ1v) is 9.17. The van der Waals surface area contributed by atoms with Gasteiger partial charge in [-0.15, -0.1) is 0 Å². The summed E-state index contributed by atoms with van der Waals surface area (Å²) in [6, 6.07) is 5.10. The minimum Gasteiger partial charge on any atom is -0.300 e. The zero-order chi connectivity index (χ0) is 15.0. The summed E-state index contributed by atoms with van der Waals surface area (Å²) in [5.74, 6) is 5.34. The van der Waals surface area contributed by atoms with Gasteiger partial charge in [0.2, 0.25) is 10.0 Å². The first-order valence-electron chi connectivity index (χ1n) is 6.91. The number of nitrogens with two attached hydrogens (primary N) is 1. The molecule has 8 heteroatoms. The van der Waals surface area contributed by atoms with Gasteiger partial charge in [-0.05, 0) is 38.0 Å². The number of nitrogen functional groups attached to an aromatic ring is 1. The van der Waals surface area contributed by atoms with Gasteiger partial charge in [0.25, 0.3) is 0 Å². The molecule has 21 heavy (non-hydrogen) atoms. The average molecular weight is 326 g/mol. The largest absolute Gasteiger partial charge is 0.300 e. The molecule has 2 aromatic rings. The van der Waals surface area contributed by atoms with E-state index in [1.165, 1.54) is 11.3 Å². The van der Waals surface area contributed by atoms with Crippen LogP contribution in [0.25, 0.3) is 10.2 Å². The number of piperidine rings is 1. The van der Waals surface area contributed by atoms with Crippen molar-refractivity contribution in [3.05, 3.63) is 18.2 Å². The molecule has 3 N–H and O–H groups in total. The molecule has 0 radical (unpaired) electrons. The van der Waals surface area contributed by atoms with Crippen molar-refractivity contribution in [3.63, 3.8) is 0 Å². The van der Waals surface area contributed by atoms with E-state index < -0.39 is 10.0 Å². The Hall–Kier alpha value is -1.22.